The largest absolute Gasteiger partial charge is 0.464 e. The maximum Gasteiger partial charge on any atom is 0.359 e. The van der Waals surface area contributed by atoms with Gasteiger partial charge in [-0.2, -0.15) is 0 Å². The second-order valence-corrected chi connectivity index (χ2v) is 4.59. The fourth-order valence-electron chi connectivity index (χ4n) is 1.22. The average molecular weight is 351 g/mol. The normalized spacial score (nSPS) is 9.73. The number of methoxy groups -OCH3 is 1. The first-order valence-electron chi connectivity index (χ1n) is 5.69. The van der Waals surface area contributed by atoms with Gasteiger partial charge >= 0.3 is 5.97 Å². The lowest BCUT2D eigenvalue weighted by Gasteiger charge is -1.98. The number of carbonyl (C=O) groups is 1. The number of esters is 1. The van der Waals surface area contributed by atoms with Crippen LogP contribution >= 0.6 is 23.2 Å². The monoisotopic (exact) mass is 350 g/mol. The van der Waals surface area contributed by atoms with Gasteiger partial charge in [0.05, 0.1) is 23.8 Å². The third kappa shape index (κ3) is 5.18. The number of carbonyl (C=O) groups excluding carboxylic acids is 1. The van der Waals surface area contributed by atoms with Crippen molar-refractivity contribution >= 4 is 29.2 Å². The molecule has 9 heteroatoms. The van der Waals surface area contributed by atoms with Crippen molar-refractivity contribution in [3.8, 4) is 0 Å². The molecule has 5 nitrogen and oxygen atoms in total. The summed E-state index contributed by atoms with van der Waals surface area (Å²) in [5.74, 6) is -2.17. The Morgan fingerprint density at radius 2 is 1.73 bits per heavy atom. The van der Waals surface area contributed by atoms with Gasteiger partial charge in [-0.15, -0.1) is 0 Å². The SMILES string of the molecule is COC(=O)c1ncc(Cl)cc1F.OCc1ncc(Cl)cc1F. The minimum absolute atomic E-state index is 0.0180. The Hall–Kier alpha value is -1.83. The molecule has 0 aliphatic heterocycles. The van der Waals surface area contributed by atoms with E-state index in [2.05, 4.69) is 14.7 Å². The molecule has 22 heavy (non-hydrogen) atoms. The number of rotatable bonds is 2. The number of aliphatic hydroxyl groups excluding tert-OH is 1. The van der Waals surface area contributed by atoms with E-state index in [1.165, 1.54) is 12.4 Å². The molecule has 0 amide bonds. The first kappa shape index (κ1) is 18.2. The van der Waals surface area contributed by atoms with Gasteiger partial charge in [0.2, 0.25) is 0 Å². The molecule has 0 atom stereocenters. The highest BCUT2D eigenvalue weighted by molar-refractivity contribution is 6.30. The number of aliphatic hydroxyl groups is 1. The van der Waals surface area contributed by atoms with E-state index in [1.807, 2.05) is 0 Å². The predicted octanol–water partition coefficient (Wildman–Crippen LogP) is 3.03. The molecule has 0 aliphatic carbocycles. The molecular weight excluding hydrogens is 341 g/mol. The van der Waals surface area contributed by atoms with Crippen LogP contribution in [-0.4, -0.2) is 28.2 Å². The van der Waals surface area contributed by atoms with E-state index in [9.17, 15) is 13.6 Å². The zero-order valence-corrected chi connectivity index (χ0v) is 12.7. The van der Waals surface area contributed by atoms with E-state index in [-0.39, 0.29) is 21.4 Å². The highest BCUT2D eigenvalue weighted by atomic mass is 35.5. The van der Waals surface area contributed by atoms with Crippen LogP contribution in [0.1, 0.15) is 16.2 Å². The van der Waals surface area contributed by atoms with Crippen molar-refractivity contribution in [2.75, 3.05) is 7.11 Å². The van der Waals surface area contributed by atoms with E-state index >= 15 is 0 Å². The van der Waals surface area contributed by atoms with Crippen molar-refractivity contribution in [3.05, 3.63) is 57.6 Å². The van der Waals surface area contributed by atoms with Gasteiger partial charge in [-0.1, -0.05) is 23.2 Å². The smallest absolute Gasteiger partial charge is 0.359 e. The number of halogens is 4. The van der Waals surface area contributed by atoms with Crippen molar-refractivity contribution in [3.63, 3.8) is 0 Å². The molecule has 2 heterocycles. The van der Waals surface area contributed by atoms with Crippen LogP contribution in [0, 0.1) is 11.6 Å². The van der Waals surface area contributed by atoms with Gasteiger partial charge in [0.15, 0.2) is 11.5 Å². The summed E-state index contributed by atoms with van der Waals surface area (Å²) in [6.45, 7) is -0.400. The molecule has 0 fully saturated rings. The summed E-state index contributed by atoms with van der Waals surface area (Å²) in [5.41, 5.74) is -0.341. The van der Waals surface area contributed by atoms with Crippen molar-refractivity contribution in [2.24, 2.45) is 0 Å². The van der Waals surface area contributed by atoms with Crippen LogP contribution in [0.3, 0.4) is 0 Å². The van der Waals surface area contributed by atoms with Gasteiger partial charge < -0.3 is 9.84 Å². The summed E-state index contributed by atoms with van der Waals surface area (Å²) >= 11 is 10.8. The van der Waals surface area contributed by atoms with Crippen molar-refractivity contribution < 1.29 is 23.4 Å². The van der Waals surface area contributed by atoms with E-state index in [0.717, 1.165) is 19.2 Å². The summed E-state index contributed by atoms with van der Waals surface area (Å²) in [6.07, 6.45) is 2.47. The molecule has 2 aromatic rings. The van der Waals surface area contributed by atoms with Gasteiger partial charge in [0, 0.05) is 12.4 Å². The predicted molar refractivity (Wildman–Crippen MR) is 75.7 cm³/mol. The Labute approximate surface area is 134 Å². The third-order valence-electron chi connectivity index (χ3n) is 2.22. The van der Waals surface area contributed by atoms with Gasteiger partial charge in [-0.3, -0.25) is 4.98 Å². The van der Waals surface area contributed by atoms with Crippen LogP contribution in [0.15, 0.2) is 24.5 Å². The zero-order chi connectivity index (χ0) is 16.7. The molecule has 0 spiro atoms. The van der Waals surface area contributed by atoms with Gasteiger partial charge in [-0.25, -0.2) is 18.6 Å². The van der Waals surface area contributed by atoms with Gasteiger partial charge in [0.25, 0.3) is 0 Å². The number of aromatic nitrogens is 2. The first-order valence-corrected chi connectivity index (χ1v) is 6.44. The molecule has 0 radical (unpaired) electrons. The molecule has 0 bridgehead atoms. The molecule has 2 aromatic heterocycles. The molecule has 0 aliphatic rings. The first-order chi connectivity index (χ1) is 10.4. The van der Waals surface area contributed by atoms with Gasteiger partial charge in [-0.05, 0) is 12.1 Å². The van der Waals surface area contributed by atoms with Gasteiger partial charge in [0.1, 0.15) is 11.5 Å². The highest BCUT2D eigenvalue weighted by Crippen LogP contribution is 2.12. The van der Waals surface area contributed by atoms with Crippen molar-refractivity contribution in [1.82, 2.24) is 9.97 Å². The minimum Gasteiger partial charge on any atom is -0.464 e. The van der Waals surface area contributed by atoms with E-state index < -0.39 is 24.2 Å². The number of pyridine rings is 2. The van der Waals surface area contributed by atoms with Crippen LogP contribution in [0.4, 0.5) is 8.78 Å². The molecule has 0 saturated heterocycles. The fourth-order valence-corrected chi connectivity index (χ4v) is 1.51. The molecule has 1 N–H and O–H groups in total. The second kappa shape index (κ2) is 8.57. The second-order valence-electron chi connectivity index (χ2n) is 3.72. The van der Waals surface area contributed by atoms with Crippen molar-refractivity contribution in [2.45, 2.75) is 6.61 Å². The maximum atomic E-state index is 12.8. The van der Waals surface area contributed by atoms with Crippen LogP contribution in [0.25, 0.3) is 0 Å². The summed E-state index contributed by atoms with van der Waals surface area (Å²) < 4.78 is 29.7. The Kier molecular flexibility index (Phi) is 7.10. The van der Waals surface area contributed by atoms with Crippen LogP contribution in [0.2, 0.25) is 10.0 Å². The molecule has 118 valence electrons. The summed E-state index contributed by atoms with van der Waals surface area (Å²) in [4.78, 5) is 17.8. The van der Waals surface area contributed by atoms with Crippen molar-refractivity contribution in [1.29, 1.82) is 0 Å². The number of nitrogens with zero attached hydrogens (tertiary/aromatic N) is 2. The molecular formula is C13H10Cl2F2N2O3. The molecule has 2 rings (SSSR count). The quantitative estimate of drug-likeness (QED) is 0.842. The lowest BCUT2D eigenvalue weighted by atomic mass is 10.3. The Balaban J connectivity index is 0.000000224. The summed E-state index contributed by atoms with van der Waals surface area (Å²) in [5, 5.41) is 8.83. The Bertz CT molecular complexity index is 672. The standard InChI is InChI=1S/C7H5ClFNO2.C6H5ClFNO/c1-12-7(11)6-5(9)2-4(8)3-10-6;7-4-1-5(8)6(3-10)9-2-4/h2-3H,1H3;1-2,10H,3H2. The average Bonchev–Trinajstić information content (AvgIpc) is 2.47. The minimum atomic E-state index is -0.816. The summed E-state index contributed by atoms with van der Waals surface area (Å²) in [7, 11) is 1.15. The number of hydrogen-bond donors (Lipinski definition) is 1. The lowest BCUT2D eigenvalue weighted by Crippen LogP contribution is -2.06. The number of ether oxygens (including phenoxy) is 1. The topological polar surface area (TPSA) is 72.3 Å². The van der Waals surface area contributed by atoms with Crippen LogP contribution in [-0.2, 0) is 11.3 Å². The van der Waals surface area contributed by atoms with Crippen LogP contribution < -0.4 is 0 Å². The lowest BCUT2D eigenvalue weighted by molar-refractivity contribution is 0.0588. The van der Waals surface area contributed by atoms with Crippen LogP contribution in [0.5, 0.6) is 0 Å². The summed E-state index contributed by atoms with van der Waals surface area (Å²) in [6, 6.07) is 2.11. The van der Waals surface area contributed by atoms with E-state index in [1.54, 1.807) is 0 Å². The fraction of sp³-hybridized carbons (Fsp3) is 0.154. The Morgan fingerprint density at radius 1 is 1.18 bits per heavy atom. The van der Waals surface area contributed by atoms with E-state index in [4.69, 9.17) is 28.3 Å². The molecule has 0 unspecified atom stereocenters. The molecule has 0 saturated carbocycles. The maximum absolute atomic E-state index is 12.8. The molecule has 0 aromatic carbocycles. The third-order valence-corrected chi connectivity index (χ3v) is 2.63. The number of hydrogen-bond acceptors (Lipinski definition) is 5. The van der Waals surface area contributed by atoms with E-state index in [0.29, 0.717) is 0 Å². The zero-order valence-electron chi connectivity index (χ0n) is 11.2. The highest BCUT2D eigenvalue weighted by Gasteiger charge is 2.13. The Morgan fingerprint density at radius 3 is 2.18 bits per heavy atom.